The van der Waals surface area contributed by atoms with E-state index in [1.54, 1.807) is 4.57 Å². The Balaban J connectivity index is 1.32. The van der Waals surface area contributed by atoms with Crippen molar-refractivity contribution >= 4 is 39.5 Å². The number of aliphatic hydroxyl groups is 3. The Morgan fingerprint density at radius 2 is 1.81 bits per heavy atom. The van der Waals surface area contributed by atoms with Crippen LogP contribution in [0.4, 0.5) is 17.5 Å². The van der Waals surface area contributed by atoms with Crippen molar-refractivity contribution in [2.24, 2.45) is 0 Å². The molecule has 6 rings (SSSR count). The molecule has 0 bridgehead atoms. The van der Waals surface area contributed by atoms with Crippen molar-refractivity contribution in [3.8, 4) is 0 Å². The molecule has 0 unspecified atom stereocenters. The van der Waals surface area contributed by atoms with Crippen molar-refractivity contribution in [2.75, 3.05) is 23.8 Å². The molecule has 1 saturated heterocycles. The average Bonchev–Trinajstić information content (AvgIpc) is 3.61. The Morgan fingerprint density at radius 3 is 2.62 bits per heavy atom. The van der Waals surface area contributed by atoms with E-state index in [9.17, 15) is 15.3 Å². The van der Waals surface area contributed by atoms with Crippen LogP contribution in [-0.2, 0) is 11.2 Å². The summed E-state index contributed by atoms with van der Waals surface area (Å²) in [5.41, 5.74) is 3.99. The van der Waals surface area contributed by atoms with Gasteiger partial charge < -0.3 is 35.7 Å². The van der Waals surface area contributed by atoms with Crippen LogP contribution < -0.4 is 10.6 Å². The van der Waals surface area contributed by atoms with Gasteiger partial charge in [-0.3, -0.25) is 4.57 Å². The van der Waals surface area contributed by atoms with Gasteiger partial charge in [-0.25, -0.2) is 4.98 Å². The van der Waals surface area contributed by atoms with E-state index in [0.717, 1.165) is 17.6 Å². The minimum atomic E-state index is -1.26. The average molecular weight is 502 g/mol. The molecule has 11 heteroatoms. The lowest BCUT2D eigenvalue weighted by Crippen LogP contribution is -2.33. The van der Waals surface area contributed by atoms with Crippen molar-refractivity contribution in [2.45, 2.75) is 31.0 Å². The molecule has 0 aliphatic carbocycles. The van der Waals surface area contributed by atoms with Crippen LogP contribution in [0.15, 0.2) is 67.1 Å². The molecule has 1 aliphatic rings. The third-order valence-corrected chi connectivity index (χ3v) is 6.60. The first kappa shape index (κ1) is 23.4. The van der Waals surface area contributed by atoms with Gasteiger partial charge in [0, 0.05) is 29.3 Å². The van der Waals surface area contributed by atoms with E-state index in [2.05, 4.69) is 36.6 Å². The third-order valence-electron chi connectivity index (χ3n) is 6.60. The minimum absolute atomic E-state index is 0.374. The van der Waals surface area contributed by atoms with Gasteiger partial charge in [-0.15, -0.1) is 0 Å². The predicted octanol–water partition coefficient (Wildman–Crippen LogP) is 2.32. The molecule has 0 radical (unpaired) electrons. The molecule has 1 aliphatic heterocycles. The number of aromatic amines is 1. The molecule has 0 saturated carbocycles. The molecule has 3 aromatic heterocycles. The lowest BCUT2D eigenvalue weighted by Gasteiger charge is -2.17. The number of para-hydroxylation sites is 2. The minimum Gasteiger partial charge on any atom is -0.394 e. The van der Waals surface area contributed by atoms with E-state index in [1.807, 2.05) is 54.7 Å². The normalized spacial score (nSPS) is 21.6. The first-order chi connectivity index (χ1) is 18.1. The van der Waals surface area contributed by atoms with Crippen LogP contribution in [-0.4, -0.2) is 71.3 Å². The number of ether oxygens (including phenoxy) is 1. The maximum atomic E-state index is 10.6. The van der Waals surface area contributed by atoms with Gasteiger partial charge >= 0.3 is 0 Å². The van der Waals surface area contributed by atoms with Crippen LogP contribution in [0.2, 0.25) is 0 Å². The number of anilines is 3. The van der Waals surface area contributed by atoms with Gasteiger partial charge in [-0.1, -0.05) is 36.4 Å². The zero-order chi connectivity index (χ0) is 25.4. The van der Waals surface area contributed by atoms with Gasteiger partial charge in [0.05, 0.1) is 12.9 Å². The highest BCUT2D eigenvalue weighted by Gasteiger charge is 2.44. The summed E-state index contributed by atoms with van der Waals surface area (Å²) in [6.45, 7) is 0.165. The summed E-state index contributed by atoms with van der Waals surface area (Å²) in [6.07, 6.45) is -0.105. The first-order valence-corrected chi connectivity index (χ1v) is 12.1. The second kappa shape index (κ2) is 9.79. The largest absolute Gasteiger partial charge is 0.394 e. The Kier molecular flexibility index (Phi) is 6.18. The summed E-state index contributed by atoms with van der Waals surface area (Å²) in [5.74, 6) is 0.857. The Morgan fingerprint density at radius 1 is 1.00 bits per heavy atom. The molecule has 2 aromatic carbocycles. The van der Waals surface area contributed by atoms with Gasteiger partial charge in [-0.2, -0.15) is 9.97 Å². The fourth-order valence-corrected chi connectivity index (χ4v) is 4.68. The molecule has 1 fully saturated rings. The van der Waals surface area contributed by atoms with Crippen LogP contribution >= 0.6 is 0 Å². The van der Waals surface area contributed by atoms with Crippen molar-refractivity contribution in [1.82, 2.24) is 24.5 Å². The van der Waals surface area contributed by atoms with E-state index < -0.39 is 31.1 Å². The number of rotatable bonds is 8. The molecule has 6 N–H and O–H groups in total. The number of nitrogens with zero attached hydrogens (tertiary/aromatic N) is 4. The quantitative estimate of drug-likeness (QED) is 0.188. The molecule has 11 nitrogen and oxygen atoms in total. The molecular formula is C26H27N7O4. The smallest absolute Gasteiger partial charge is 0.226 e. The molecule has 4 heterocycles. The highest BCUT2D eigenvalue weighted by molar-refractivity contribution is 5.87. The van der Waals surface area contributed by atoms with Crippen molar-refractivity contribution in [1.29, 1.82) is 0 Å². The number of imidazole rings is 1. The molecule has 0 spiro atoms. The summed E-state index contributed by atoms with van der Waals surface area (Å²) in [5, 5.41) is 38.1. The third kappa shape index (κ3) is 4.38. The Labute approximate surface area is 211 Å². The maximum absolute atomic E-state index is 10.6. The number of hydrogen-bond donors (Lipinski definition) is 6. The van der Waals surface area contributed by atoms with Gasteiger partial charge in [0.2, 0.25) is 5.95 Å². The summed E-state index contributed by atoms with van der Waals surface area (Å²) in [4.78, 5) is 17.1. The summed E-state index contributed by atoms with van der Waals surface area (Å²) < 4.78 is 7.28. The van der Waals surface area contributed by atoms with Gasteiger partial charge in [0.15, 0.2) is 23.2 Å². The van der Waals surface area contributed by atoms with Crippen molar-refractivity contribution in [3.05, 3.63) is 72.7 Å². The summed E-state index contributed by atoms with van der Waals surface area (Å²) in [6, 6.07) is 17.7. The molecule has 37 heavy (non-hydrogen) atoms. The number of fused-ring (bicyclic) bond motifs is 2. The number of aromatic nitrogens is 5. The van der Waals surface area contributed by atoms with Crippen LogP contribution in [0.3, 0.4) is 0 Å². The molecular weight excluding hydrogens is 474 g/mol. The van der Waals surface area contributed by atoms with E-state index in [4.69, 9.17) is 4.74 Å². The Hall–Kier alpha value is -4.03. The van der Waals surface area contributed by atoms with Crippen LogP contribution in [0, 0.1) is 0 Å². The molecule has 5 aromatic rings. The van der Waals surface area contributed by atoms with Crippen molar-refractivity contribution in [3.63, 3.8) is 0 Å². The highest BCUT2D eigenvalue weighted by atomic mass is 16.6. The van der Waals surface area contributed by atoms with Crippen LogP contribution in [0.1, 0.15) is 11.8 Å². The Bertz CT molecular complexity index is 1520. The molecule has 190 valence electrons. The van der Waals surface area contributed by atoms with E-state index >= 15 is 0 Å². The number of hydrogen-bond acceptors (Lipinski definition) is 9. The molecule has 4 atom stereocenters. The van der Waals surface area contributed by atoms with Gasteiger partial charge in [0.25, 0.3) is 0 Å². The fraction of sp³-hybridized carbons (Fsp3) is 0.269. The second-order valence-electron chi connectivity index (χ2n) is 8.98. The molecule has 0 amide bonds. The predicted molar refractivity (Wildman–Crippen MR) is 139 cm³/mol. The second-order valence-corrected chi connectivity index (χ2v) is 8.98. The summed E-state index contributed by atoms with van der Waals surface area (Å²) in [7, 11) is 0. The number of H-pyrrole nitrogens is 1. The standard InChI is InChI=1S/C26H27N7O4/c34-13-19-21(35)22(36)25(37-19)33-14-29-20-23(30-16-6-2-1-3-7-16)31-26(32-24(20)33)27-11-10-15-12-28-18-9-5-4-8-17(15)18/h1-9,12,14,19,21-22,25,28,34-36H,10-11,13H2,(H2,27,30,31,32)/t19-,21-,22-,25-/m1/s1. The van der Waals surface area contributed by atoms with Crippen LogP contribution in [0.25, 0.3) is 22.1 Å². The summed E-state index contributed by atoms with van der Waals surface area (Å²) >= 11 is 0. The monoisotopic (exact) mass is 501 g/mol. The van der Waals surface area contributed by atoms with Gasteiger partial charge in [0.1, 0.15) is 18.3 Å². The topological polar surface area (TPSA) is 153 Å². The maximum Gasteiger partial charge on any atom is 0.226 e. The first-order valence-electron chi connectivity index (χ1n) is 12.1. The lowest BCUT2D eigenvalue weighted by molar-refractivity contribution is -0.0511. The van der Waals surface area contributed by atoms with Crippen LogP contribution in [0.5, 0.6) is 0 Å². The lowest BCUT2D eigenvalue weighted by atomic mass is 10.1. The van der Waals surface area contributed by atoms with E-state index in [-0.39, 0.29) is 0 Å². The van der Waals surface area contributed by atoms with Crippen molar-refractivity contribution < 1.29 is 20.1 Å². The number of aliphatic hydroxyl groups excluding tert-OH is 3. The highest BCUT2D eigenvalue weighted by Crippen LogP contribution is 2.33. The zero-order valence-electron chi connectivity index (χ0n) is 19.8. The van der Waals surface area contributed by atoms with E-state index in [0.29, 0.717) is 29.5 Å². The SMILES string of the molecule is OC[C@H]1O[C@@H](n2cnc3c(Nc4ccccc4)nc(NCCc4c[nH]c5ccccc45)nc32)[C@H](O)[C@@H]1O. The fourth-order valence-electron chi connectivity index (χ4n) is 4.68. The number of nitrogens with one attached hydrogen (secondary N) is 3. The van der Waals surface area contributed by atoms with E-state index in [1.165, 1.54) is 17.3 Å². The zero-order valence-corrected chi connectivity index (χ0v) is 19.8. The van der Waals surface area contributed by atoms with Gasteiger partial charge in [-0.05, 0) is 30.2 Å². The number of benzene rings is 2.